The van der Waals surface area contributed by atoms with E-state index in [0.29, 0.717) is 27.9 Å². The summed E-state index contributed by atoms with van der Waals surface area (Å²) < 4.78 is 6.29. The van der Waals surface area contributed by atoms with Gasteiger partial charge in [0, 0.05) is 5.02 Å². The van der Waals surface area contributed by atoms with Crippen LogP contribution in [0.1, 0.15) is 21.9 Å². The predicted molar refractivity (Wildman–Crippen MR) is 123 cm³/mol. The molecule has 0 bridgehead atoms. The minimum Gasteiger partial charge on any atom is -0.503 e. The van der Waals surface area contributed by atoms with Crippen molar-refractivity contribution in [2.45, 2.75) is 19.4 Å². The summed E-state index contributed by atoms with van der Waals surface area (Å²) >= 11 is 7.38. The number of nitrogens with zero attached hydrogens (tertiary/aromatic N) is 2. The third-order valence-electron chi connectivity index (χ3n) is 5.35. The molecule has 0 aliphatic carbocycles. The molecule has 1 aliphatic rings. The fraction of sp³-hybridized carbons (Fsp3) is 0.125. The fourth-order valence-electron chi connectivity index (χ4n) is 3.85. The summed E-state index contributed by atoms with van der Waals surface area (Å²) in [6, 6.07) is 17.2. The largest absolute Gasteiger partial charge is 0.503 e. The predicted octanol–water partition coefficient (Wildman–Crippen LogP) is 5.50. The number of hydrogen-bond acceptors (Lipinski definition) is 6. The third-order valence-corrected chi connectivity index (χ3v) is 6.60. The van der Waals surface area contributed by atoms with Gasteiger partial charge in [0.25, 0.3) is 5.91 Å². The minimum absolute atomic E-state index is 0.00508. The Balaban J connectivity index is 1.62. The molecule has 1 amide bonds. The zero-order valence-corrected chi connectivity index (χ0v) is 18.5. The summed E-state index contributed by atoms with van der Waals surface area (Å²) in [5.74, 6) is -1.12. The van der Waals surface area contributed by atoms with Crippen molar-refractivity contribution in [2.24, 2.45) is 0 Å². The second kappa shape index (κ2) is 7.93. The van der Waals surface area contributed by atoms with E-state index < -0.39 is 23.5 Å². The number of aliphatic hydroxyl groups is 1. The van der Waals surface area contributed by atoms with E-state index in [-0.39, 0.29) is 11.3 Å². The molecule has 2 aromatic carbocycles. The third kappa shape index (κ3) is 3.49. The molecule has 4 aromatic rings. The molecule has 6 nitrogen and oxygen atoms in total. The lowest BCUT2D eigenvalue weighted by Crippen LogP contribution is -2.38. The van der Waals surface area contributed by atoms with Crippen molar-refractivity contribution in [3.05, 3.63) is 94.1 Å². The summed E-state index contributed by atoms with van der Waals surface area (Å²) in [5, 5.41) is 11.7. The van der Waals surface area contributed by atoms with Crippen LogP contribution in [0.5, 0.6) is 0 Å². The van der Waals surface area contributed by atoms with E-state index in [1.54, 1.807) is 37.3 Å². The molecule has 160 valence electrons. The number of carbonyl (C=O) groups excluding carboxylic acids is 2. The number of halogens is 1. The second-order valence-corrected chi connectivity index (χ2v) is 8.94. The molecule has 0 fully saturated rings. The Morgan fingerprint density at radius 1 is 1.19 bits per heavy atom. The first-order valence-corrected chi connectivity index (χ1v) is 11.1. The Kier molecular flexibility index (Phi) is 5.07. The smallest absolute Gasteiger partial charge is 0.296 e. The Morgan fingerprint density at radius 3 is 2.69 bits per heavy atom. The number of benzene rings is 2. The molecule has 2 aromatic heterocycles. The lowest BCUT2D eigenvalue weighted by molar-refractivity contribution is -0.117. The van der Waals surface area contributed by atoms with Crippen molar-refractivity contribution in [1.29, 1.82) is 0 Å². The molecular weight excluding hydrogens is 448 g/mol. The maximum Gasteiger partial charge on any atom is 0.296 e. The maximum atomic E-state index is 13.3. The van der Waals surface area contributed by atoms with Gasteiger partial charge in [-0.05, 0) is 49.2 Å². The molecule has 0 saturated heterocycles. The van der Waals surface area contributed by atoms with Crippen LogP contribution in [0.25, 0.3) is 10.2 Å². The number of aryl methyl sites for hydroxylation is 1. The van der Waals surface area contributed by atoms with E-state index in [4.69, 9.17) is 16.0 Å². The lowest BCUT2D eigenvalue weighted by Gasteiger charge is -2.24. The van der Waals surface area contributed by atoms with Gasteiger partial charge in [0.05, 0.1) is 21.8 Å². The normalized spacial score (nSPS) is 16.4. The van der Waals surface area contributed by atoms with Gasteiger partial charge in [-0.2, -0.15) is 0 Å². The molecule has 0 spiro atoms. The zero-order chi connectivity index (χ0) is 22.4. The van der Waals surface area contributed by atoms with Crippen molar-refractivity contribution in [2.75, 3.05) is 4.90 Å². The Labute approximate surface area is 192 Å². The first-order valence-electron chi connectivity index (χ1n) is 9.90. The average Bonchev–Trinajstić information content (AvgIpc) is 3.45. The van der Waals surface area contributed by atoms with E-state index in [1.807, 2.05) is 30.3 Å². The number of thiazole rings is 1. The number of amides is 1. The van der Waals surface area contributed by atoms with Crippen molar-refractivity contribution < 1.29 is 19.1 Å². The number of aliphatic hydroxyl groups excluding tert-OH is 1. The highest BCUT2D eigenvalue weighted by Gasteiger charge is 2.45. The van der Waals surface area contributed by atoms with E-state index in [1.165, 1.54) is 16.2 Å². The number of rotatable bonds is 5. The summed E-state index contributed by atoms with van der Waals surface area (Å²) in [5.41, 5.74) is 1.60. The molecule has 8 heteroatoms. The summed E-state index contributed by atoms with van der Waals surface area (Å²) in [6.45, 7) is 1.73. The fourth-order valence-corrected chi connectivity index (χ4v) is 5.14. The molecule has 1 aliphatic heterocycles. The van der Waals surface area contributed by atoms with E-state index in [9.17, 15) is 14.7 Å². The molecule has 1 atom stereocenters. The number of hydrogen-bond donors (Lipinski definition) is 1. The quantitative estimate of drug-likeness (QED) is 0.394. The van der Waals surface area contributed by atoms with Crippen molar-refractivity contribution in [1.82, 2.24) is 4.98 Å². The van der Waals surface area contributed by atoms with Crippen LogP contribution in [0.15, 0.2) is 76.4 Å². The minimum atomic E-state index is -0.737. The second-order valence-electron chi connectivity index (χ2n) is 7.49. The summed E-state index contributed by atoms with van der Waals surface area (Å²) in [7, 11) is 0. The van der Waals surface area contributed by atoms with Gasteiger partial charge in [0.2, 0.25) is 5.78 Å². The van der Waals surface area contributed by atoms with Gasteiger partial charge in [0.1, 0.15) is 5.76 Å². The molecule has 32 heavy (non-hydrogen) atoms. The SMILES string of the molecule is Cc1ccc(C(=O)C2=C(O)C(=O)N(c3nc4ccc(Cl)cc4s3)C2Cc2ccccc2)o1. The lowest BCUT2D eigenvalue weighted by atomic mass is 9.95. The first-order chi connectivity index (χ1) is 15.4. The average molecular weight is 465 g/mol. The van der Waals surface area contributed by atoms with Crippen molar-refractivity contribution >= 4 is 50.0 Å². The van der Waals surface area contributed by atoms with E-state index in [2.05, 4.69) is 4.98 Å². The van der Waals surface area contributed by atoms with Crippen LogP contribution in [0.4, 0.5) is 5.13 Å². The Hall–Kier alpha value is -3.42. The van der Waals surface area contributed by atoms with Gasteiger partial charge in [-0.25, -0.2) is 4.98 Å². The molecule has 0 saturated carbocycles. The van der Waals surface area contributed by atoms with Crippen LogP contribution in [0, 0.1) is 6.92 Å². The van der Waals surface area contributed by atoms with Crippen LogP contribution in [-0.4, -0.2) is 27.8 Å². The van der Waals surface area contributed by atoms with Gasteiger partial charge in [0.15, 0.2) is 16.7 Å². The van der Waals surface area contributed by atoms with Crippen LogP contribution in [0.2, 0.25) is 5.02 Å². The van der Waals surface area contributed by atoms with Crippen LogP contribution in [0.3, 0.4) is 0 Å². The standard InChI is InChI=1S/C24H17ClN2O4S/c1-13-7-10-18(31-13)21(28)20-17(11-14-5-3-2-4-6-14)27(23(30)22(20)29)24-26-16-9-8-15(25)12-19(16)32-24/h2-10,12,17,29H,11H2,1H3. The van der Waals surface area contributed by atoms with Crippen LogP contribution < -0.4 is 4.90 Å². The highest BCUT2D eigenvalue weighted by atomic mass is 35.5. The number of Topliss-reactive ketones (excluding diaryl/α,β-unsaturated/α-hetero) is 1. The van der Waals surface area contributed by atoms with Gasteiger partial charge in [-0.15, -0.1) is 0 Å². The number of furan rings is 1. The number of anilines is 1. The molecular formula is C24H17ClN2O4S. The van der Waals surface area contributed by atoms with Crippen LogP contribution >= 0.6 is 22.9 Å². The van der Waals surface area contributed by atoms with E-state index in [0.717, 1.165) is 10.3 Å². The van der Waals surface area contributed by atoms with E-state index >= 15 is 0 Å². The number of aromatic nitrogens is 1. The Bertz CT molecular complexity index is 1390. The number of ketones is 1. The molecule has 1 unspecified atom stereocenters. The monoisotopic (exact) mass is 464 g/mol. The van der Waals surface area contributed by atoms with Gasteiger partial charge in [-0.1, -0.05) is 53.3 Å². The first kappa shape index (κ1) is 20.5. The number of fused-ring (bicyclic) bond motifs is 1. The van der Waals surface area contributed by atoms with Gasteiger partial charge < -0.3 is 9.52 Å². The van der Waals surface area contributed by atoms with Crippen molar-refractivity contribution in [3.8, 4) is 0 Å². The van der Waals surface area contributed by atoms with Gasteiger partial charge >= 0.3 is 0 Å². The highest BCUT2D eigenvalue weighted by Crippen LogP contribution is 2.38. The van der Waals surface area contributed by atoms with Crippen LogP contribution in [-0.2, 0) is 11.2 Å². The molecule has 5 rings (SSSR count). The van der Waals surface area contributed by atoms with Gasteiger partial charge in [-0.3, -0.25) is 14.5 Å². The molecule has 1 N–H and O–H groups in total. The maximum absolute atomic E-state index is 13.3. The molecule has 0 radical (unpaired) electrons. The summed E-state index contributed by atoms with van der Waals surface area (Å²) in [6.07, 6.45) is 0.327. The number of carbonyl (C=O) groups is 2. The topological polar surface area (TPSA) is 83.6 Å². The highest BCUT2D eigenvalue weighted by molar-refractivity contribution is 7.22. The summed E-state index contributed by atoms with van der Waals surface area (Å²) in [4.78, 5) is 32.4. The Morgan fingerprint density at radius 2 is 1.97 bits per heavy atom. The van der Waals surface area contributed by atoms with Crippen molar-refractivity contribution in [3.63, 3.8) is 0 Å². The molecule has 3 heterocycles. The zero-order valence-electron chi connectivity index (χ0n) is 16.9.